The van der Waals surface area contributed by atoms with E-state index in [1.807, 2.05) is 17.8 Å². The lowest BCUT2D eigenvalue weighted by molar-refractivity contribution is 0.0644. The third-order valence-corrected chi connectivity index (χ3v) is 9.15. The van der Waals surface area contributed by atoms with Crippen molar-refractivity contribution < 1.29 is 9.84 Å². The molecule has 2 aliphatic rings. The number of methoxy groups -OCH3 is 1. The quantitative estimate of drug-likeness (QED) is 0.382. The zero-order valence-electron chi connectivity index (χ0n) is 20.8. The van der Waals surface area contributed by atoms with Crippen LogP contribution in [0.15, 0.2) is 46.2 Å². The molecule has 0 aromatic heterocycles. The summed E-state index contributed by atoms with van der Waals surface area (Å²) in [4.78, 5) is 2.41. The molecule has 33 heavy (non-hydrogen) atoms. The summed E-state index contributed by atoms with van der Waals surface area (Å²) >= 11 is 3.50. The summed E-state index contributed by atoms with van der Waals surface area (Å²) < 4.78 is 5.65. The molecule has 1 spiro atoms. The lowest BCUT2D eigenvalue weighted by Gasteiger charge is -2.51. The molecule has 0 heterocycles. The maximum atomic E-state index is 11.3. The van der Waals surface area contributed by atoms with E-state index in [0.29, 0.717) is 5.75 Å². The molecule has 174 valence electrons. The first-order chi connectivity index (χ1) is 15.5. The van der Waals surface area contributed by atoms with E-state index in [4.69, 9.17) is 4.74 Å². The average Bonchev–Trinajstić information content (AvgIpc) is 2.98. The number of hydrogen-bond acceptors (Lipinski definition) is 4. The first-order valence-electron chi connectivity index (χ1n) is 11.7. The van der Waals surface area contributed by atoms with Crippen molar-refractivity contribution in [3.05, 3.63) is 47.5 Å². The number of thioether (sulfide) groups is 2. The molecule has 0 saturated heterocycles. The van der Waals surface area contributed by atoms with E-state index >= 15 is 0 Å². The van der Waals surface area contributed by atoms with Gasteiger partial charge in [0.1, 0.15) is 11.5 Å². The van der Waals surface area contributed by atoms with Gasteiger partial charge in [-0.05, 0) is 101 Å². The number of phenols is 1. The summed E-state index contributed by atoms with van der Waals surface area (Å²) in [7, 11) is 1.70. The van der Waals surface area contributed by atoms with Gasteiger partial charge in [-0.25, -0.2) is 0 Å². The first-order valence-corrected chi connectivity index (χ1v) is 14.1. The highest BCUT2D eigenvalue weighted by atomic mass is 32.2. The maximum absolute atomic E-state index is 11.3. The van der Waals surface area contributed by atoms with Gasteiger partial charge in [-0.3, -0.25) is 0 Å². The van der Waals surface area contributed by atoms with E-state index in [1.165, 1.54) is 33.6 Å². The Bertz CT molecular complexity index is 1260. The minimum atomic E-state index is -0.0905. The number of benzene rings is 3. The Labute approximate surface area is 206 Å². The van der Waals surface area contributed by atoms with Crippen LogP contribution in [0.2, 0.25) is 0 Å². The average molecular weight is 479 g/mol. The normalized spacial score (nSPS) is 19.5. The molecule has 1 N–H and O–H groups in total. The largest absolute Gasteiger partial charge is 0.507 e. The fourth-order valence-corrected chi connectivity index (χ4v) is 8.32. The monoisotopic (exact) mass is 478 g/mol. The number of aromatic hydroxyl groups is 1. The van der Waals surface area contributed by atoms with Crippen molar-refractivity contribution in [2.24, 2.45) is 10.8 Å². The first kappa shape index (κ1) is 23.0. The van der Waals surface area contributed by atoms with Gasteiger partial charge < -0.3 is 9.84 Å². The molecule has 2 nitrogen and oxygen atoms in total. The van der Waals surface area contributed by atoms with Crippen molar-refractivity contribution in [1.82, 2.24) is 0 Å². The van der Waals surface area contributed by atoms with Crippen LogP contribution in [-0.4, -0.2) is 24.7 Å². The Kier molecular flexibility index (Phi) is 5.30. The second-order valence-corrected chi connectivity index (χ2v) is 13.2. The van der Waals surface area contributed by atoms with Crippen molar-refractivity contribution in [3.8, 4) is 22.6 Å². The van der Waals surface area contributed by atoms with Gasteiger partial charge in [-0.15, -0.1) is 23.5 Å². The molecule has 0 bridgehead atoms. The van der Waals surface area contributed by atoms with Crippen LogP contribution in [0.1, 0.15) is 58.1 Å². The van der Waals surface area contributed by atoms with Crippen molar-refractivity contribution in [2.75, 3.05) is 19.6 Å². The lowest BCUT2D eigenvalue weighted by Crippen LogP contribution is -2.43. The molecule has 4 heteroatoms. The SMILES string of the molecule is COc1cc2c(O)cc3c(c2cc1SC)-c1ccc(SC)cc1C31CC(C)(C)CC(C)(C)C1. The highest BCUT2D eigenvalue weighted by Crippen LogP contribution is 2.65. The van der Waals surface area contributed by atoms with Crippen LogP contribution in [0, 0.1) is 10.8 Å². The summed E-state index contributed by atoms with van der Waals surface area (Å²) in [6.07, 6.45) is 7.64. The molecular formula is C29H34O2S2. The van der Waals surface area contributed by atoms with Crippen LogP contribution < -0.4 is 4.74 Å². The van der Waals surface area contributed by atoms with Crippen LogP contribution in [0.5, 0.6) is 11.5 Å². The van der Waals surface area contributed by atoms with Gasteiger partial charge in [0, 0.05) is 20.6 Å². The van der Waals surface area contributed by atoms with Crippen LogP contribution in [0.3, 0.4) is 0 Å². The van der Waals surface area contributed by atoms with E-state index in [1.54, 1.807) is 18.9 Å². The highest BCUT2D eigenvalue weighted by molar-refractivity contribution is 7.98. The van der Waals surface area contributed by atoms with E-state index < -0.39 is 0 Å². The number of phenolic OH excluding ortho intramolecular Hbond substituents is 1. The Morgan fingerprint density at radius 3 is 2.12 bits per heavy atom. The highest BCUT2D eigenvalue weighted by Gasteiger charge is 2.53. The Morgan fingerprint density at radius 2 is 1.52 bits per heavy atom. The van der Waals surface area contributed by atoms with Gasteiger partial charge in [0.25, 0.3) is 0 Å². The molecule has 3 aromatic rings. The minimum absolute atomic E-state index is 0.0905. The zero-order chi connectivity index (χ0) is 23.8. The minimum Gasteiger partial charge on any atom is -0.507 e. The summed E-state index contributed by atoms with van der Waals surface area (Å²) in [6, 6.07) is 13.3. The van der Waals surface area contributed by atoms with E-state index in [2.05, 4.69) is 70.5 Å². The summed E-state index contributed by atoms with van der Waals surface area (Å²) in [5, 5.41) is 13.3. The molecule has 0 amide bonds. The van der Waals surface area contributed by atoms with Crippen LogP contribution in [0.25, 0.3) is 21.9 Å². The molecule has 0 atom stereocenters. The molecule has 1 saturated carbocycles. The standard InChI is InChI=1S/C29H34O2S2/c1-27(2)14-28(3,4)16-29(15-27)21-10-17(32-6)8-9-18(21)26-20-12-25(33-7)24(31-5)11-19(20)23(30)13-22(26)29/h8-13,30H,14-16H2,1-7H3. The third-order valence-electron chi connectivity index (χ3n) is 7.66. The fraction of sp³-hybridized carbons (Fsp3) is 0.448. The van der Waals surface area contributed by atoms with Gasteiger partial charge in [0.2, 0.25) is 0 Å². The molecule has 3 aromatic carbocycles. The molecule has 0 radical (unpaired) electrons. The topological polar surface area (TPSA) is 29.5 Å². The second-order valence-electron chi connectivity index (χ2n) is 11.4. The van der Waals surface area contributed by atoms with Crippen molar-refractivity contribution in [1.29, 1.82) is 0 Å². The van der Waals surface area contributed by atoms with Crippen LogP contribution >= 0.6 is 23.5 Å². The number of hydrogen-bond donors (Lipinski definition) is 1. The number of rotatable bonds is 3. The van der Waals surface area contributed by atoms with E-state index in [9.17, 15) is 5.11 Å². The summed E-state index contributed by atoms with van der Waals surface area (Å²) in [5.41, 5.74) is 5.72. The van der Waals surface area contributed by atoms with Crippen molar-refractivity contribution in [2.45, 2.75) is 62.2 Å². The molecule has 0 unspecified atom stereocenters. The molecule has 1 fully saturated rings. The van der Waals surface area contributed by atoms with Gasteiger partial charge in [-0.1, -0.05) is 33.8 Å². The predicted molar refractivity (Wildman–Crippen MR) is 143 cm³/mol. The maximum Gasteiger partial charge on any atom is 0.133 e. The molecule has 5 rings (SSSR count). The molecule has 0 aliphatic heterocycles. The predicted octanol–water partition coefficient (Wildman–Crippen LogP) is 8.50. The van der Waals surface area contributed by atoms with Crippen molar-refractivity contribution >= 4 is 34.3 Å². The Balaban J connectivity index is 1.91. The second kappa shape index (κ2) is 7.61. The Morgan fingerprint density at radius 1 is 0.818 bits per heavy atom. The smallest absolute Gasteiger partial charge is 0.133 e. The van der Waals surface area contributed by atoms with Crippen LogP contribution in [-0.2, 0) is 5.41 Å². The van der Waals surface area contributed by atoms with Gasteiger partial charge in [-0.2, -0.15) is 0 Å². The van der Waals surface area contributed by atoms with E-state index in [0.717, 1.165) is 34.3 Å². The summed E-state index contributed by atoms with van der Waals surface area (Å²) in [5.74, 6) is 1.17. The Hall–Kier alpha value is -1.78. The van der Waals surface area contributed by atoms with E-state index in [-0.39, 0.29) is 16.2 Å². The lowest BCUT2D eigenvalue weighted by atomic mass is 9.52. The zero-order valence-corrected chi connectivity index (χ0v) is 22.4. The fourth-order valence-electron chi connectivity index (χ4n) is 7.30. The van der Waals surface area contributed by atoms with Crippen LogP contribution in [0.4, 0.5) is 0 Å². The molecular weight excluding hydrogens is 444 g/mol. The van der Waals surface area contributed by atoms with Gasteiger partial charge >= 0.3 is 0 Å². The van der Waals surface area contributed by atoms with Gasteiger partial charge in [0.05, 0.1) is 7.11 Å². The molecule has 2 aliphatic carbocycles. The number of ether oxygens (including phenoxy) is 1. The van der Waals surface area contributed by atoms with Gasteiger partial charge in [0.15, 0.2) is 0 Å². The number of fused-ring (bicyclic) bond motifs is 7. The van der Waals surface area contributed by atoms with Crippen molar-refractivity contribution in [3.63, 3.8) is 0 Å². The summed E-state index contributed by atoms with van der Waals surface area (Å²) in [6.45, 7) is 9.68. The third kappa shape index (κ3) is 3.47.